The molecule has 2 aromatic carbocycles. The molecule has 1 fully saturated rings. The van der Waals surface area contributed by atoms with E-state index in [2.05, 4.69) is 10.3 Å². The van der Waals surface area contributed by atoms with Gasteiger partial charge in [-0.15, -0.1) is 0 Å². The first kappa shape index (κ1) is 21.2. The molecule has 0 aliphatic carbocycles. The third kappa shape index (κ3) is 4.84. The van der Waals surface area contributed by atoms with Crippen LogP contribution in [-0.2, 0) is 19.6 Å². The van der Waals surface area contributed by atoms with Gasteiger partial charge < -0.3 is 14.8 Å². The molecule has 1 saturated heterocycles. The average molecular weight is 442 g/mol. The third-order valence-corrected chi connectivity index (χ3v) is 6.84. The van der Waals surface area contributed by atoms with Crippen molar-refractivity contribution in [2.45, 2.75) is 11.8 Å². The Balaban J connectivity index is 1.39. The van der Waals surface area contributed by atoms with E-state index in [4.69, 9.17) is 9.47 Å². The number of aryl methyl sites for hydroxylation is 1. The lowest BCUT2D eigenvalue weighted by molar-refractivity contribution is -0.118. The maximum absolute atomic E-state index is 12.7. The molecule has 1 amide bonds. The molecule has 3 aromatic rings. The second kappa shape index (κ2) is 9.01. The number of para-hydroxylation sites is 1. The first-order valence-electron chi connectivity index (χ1n) is 9.90. The zero-order valence-electron chi connectivity index (χ0n) is 17.1. The highest BCUT2D eigenvalue weighted by Gasteiger charge is 2.26. The summed E-state index contributed by atoms with van der Waals surface area (Å²) in [4.78, 5) is 17.0. The van der Waals surface area contributed by atoms with Crippen molar-refractivity contribution in [3.63, 3.8) is 0 Å². The Labute approximate surface area is 180 Å². The Morgan fingerprint density at radius 2 is 1.84 bits per heavy atom. The van der Waals surface area contributed by atoms with E-state index < -0.39 is 10.0 Å². The summed E-state index contributed by atoms with van der Waals surface area (Å²) in [6.45, 7) is 3.15. The van der Waals surface area contributed by atoms with Gasteiger partial charge in [-0.05, 0) is 43.3 Å². The summed E-state index contributed by atoms with van der Waals surface area (Å²) in [6.07, 6.45) is 0. The number of nitrogens with zero attached hydrogens (tertiary/aromatic N) is 2. The number of aromatic nitrogens is 1. The average Bonchev–Trinajstić information content (AvgIpc) is 2.78. The molecular weight excluding hydrogens is 418 g/mol. The number of pyridine rings is 1. The fraction of sp³-hybridized carbons (Fsp3) is 0.273. The number of hydrogen-bond donors (Lipinski definition) is 1. The lowest BCUT2D eigenvalue weighted by Crippen LogP contribution is -2.40. The van der Waals surface area contributed by atoms with E-state index >= 15 is 0 Å². The standard InChI is InChI=1S/C22H23N3O5S/c1-16-5-6-17-3-2-4-20(22(17)23-16)30-15-21(26)24-18-7-9-19(10-8-18)31(27,28)25-11-13-29-14-12-25/h2-10H,11-15H2,1H3,(H,24,26). The summed E-state index contributed by atoms with van der Waals surface area (Å²) in [5, 5.41) is 3.65. The van der Waals surface area contributed by atoms with Crippen LogP contribution in [0, 0.1) is 6.92 Å². The van der Waals surface area contributed by atoms with Crippen LogP contribution >= 0.6 is 0 Å². The van der Waals surface area contributed by atoms with Crippen molar-refractivity contribution in [3.8, 4) is 5.75 Å². The first-order valence-corrected chi connectivity index (χ1v) is 11.3. The van der Waals surface area contributed by atoms with Gasteiger partial charge in [0.15, 0.2) is 6.61 Å². The molecule has 31 heavy (non-hydrogen) atoms. The summed E-state index contributed by atoms with van der Waals surface area (Å²) in [7, 11) is -3.57. The van der Waals surface area contributed by atoms with Crippen molar-refractivity contribution in [1.82, 2.24) is 9.29 Å². The van der Waals surface area contributed by atoms with Crippen molar-refractivity contribution in [2.75, 3.05) is 38.2 Å². The smallest absolute Gasteiger partial charge is 0.262 e. The molecule has 0 saturated carbocycles. The number of anilines is 1. The van der Waals surface area contributed by atoms with E-state index in [0.29, 0.717) is 43.3 Å². The maximum atomic E-state index is 12.7. The zero-order chi connectivity index (χ0) is 21.8. The Kier molecular flexibility index (Phi) is 6.17. The number of ether oxygens (including phenoxy) is 2. The quantitative estimate of drug-likeness (QED) is 0.631. The zero-order valence-corrected chi connectivity index (χ0v) is 17.9. The Hall–Kier alpha value is -3.01. The van der Waals surface area contributed by atoms with E-state index in [9.17, 15) is 13.2 Å². The molecule has 0 atom stereocenters. The maximum Gasteiger partial charge on any atom is 0.262 e. The second-order valence-corrected chi connectivity index (χ2v) is 9.10. The predicted octanol–water partition coefficient (Wildman–Crippen LogP) is 2.58. The summed E-state index contributed by atoms with van der Waals surface area (Å²) in [5.74, 6) is 0.178. The van der Waals surface area contributed by atoms with Crippen LogP contribution in [0.3, 0.4) is 0 Å². The van der Waals surface area contributed by atoms with Gasteiger partial charge in [0.2, 0.25) is 10.0 Å². The van der Waals surface area contributed by atoms with Gasteiger partial charge in [0.25, 0.3) is 5.91 Å². The molecule has 0 bridgehead atoms. The van der Waals surface area contributed by atoms with Gasteiger partial charge in [0.05, 0.1) is 18.1 Å². The Bertz CT molecular complexity index is 1190. The van der Waals surface area contributed by atoms with Crippen molar-refractivity contribution in [3.05, 3.63) is 60.3 Å². The highest BCUT2D eigenvalue weighted by molar-refractivity contribution is 7.89. The number of hydrogen-bond acceptors (Lipinski definition) is 6. The minimum atomic E-state index is -3.57. The molecule has 1 aromatic heterocycles. The predicted molar refractivity (Wildman–Crippen MR) is 117 cm³/mol. The fourth-order valence-corrected chi connectivity index (χ4v) is 4.73. The van der Waals surface area contributed by atoms with Crippen LogP contribution < -0.4 is 10.1 Å². The SMILES string of the molecule is Cc1ccc2cccc(OCC(=O)Nc3ccc(S(=O)(=O)N4CCOCC4)cc3)c2n1. The van der Waals surface area contributed by atoms with Gasteiger partial charge >= 0.3 is 0 Å². The number of carbonyl (C=O) groups excluding carboxylic acids is 1. The van der Waals surface area contributed by atoms with Gasteiger partial charge in [-0.25, -0.2) is 13.4 Å². The molecule has 162 valence electrons. The number of nitrogens with one attached hydrogen (secondary N) is 1. The van der Waals surface area contributed by atoms with E-state index in [0.717, 1.165) is 11.1 Å². The van der Waals surface area contributed by atoms with E-state index in [1.807, 2.05) is 31.2 Å². The molecule has 9 heteroatoms. The number of rotatable bonds is 6. The molecular formula is C22H23N3O5S. The van der Waals surface area contributed by atoms with Crippen LogP contribution in [0.2, 0.25) is 0 Å². The van der Waals surface area contributed by atoms with Crippen molar-refractivity contribution in [2.24, 2.45) is 0 Å². The van der Waals surface area contributed by atoms with Crippen LogP contribution in [0.4, 0.5) is 5.69 Å². The number of benzene rings is 2. The summed E-state index contributed by atoms with van der Waals surface area (Å²) >= 11 is 0. The third-order valence-electron chi connectivity index (χ3n) is 4.93. The molecule has 8 nitrogen and oxygen atoms in total. The van der Waals surface area contributed by atoms with Crippen LogP contribution in [0.25, 0.3) is 10.9 Å². The monoisotopic (exact) mass is 441 g/mol. The number of fused-ring (bicyclic) bond motifs is 1. The molecule has 0 unspecified atom stereocenters. The van der Waals surface area contributed by atoms with Crippen LogP contribution in [0.5, 0.6) is 5.75 Å². The van der Waals surface area contributed by atoms with Crippen molar-refractivity contribution >= 4 is 32.5 Å². The largest absolute Gasteiger partial charge is 0.481 e. The molecule has 2 heterocycles. The highest BCUT2D eigenvalue weighted by atomic mass is 32.2. The van der Waals surface area contributed by atoms with Crippen molar-refractivity contribution < 1.29 is 22.7 Å². The fourth-order valence-electron chi connectivity index (χ4n) is 3.32. The van der Waals surface area contributed by atoms with Gasteiger partial charge in [0.1, 0.15) is 11.3 Å². The Morgan fingerprint density at radius 1 is 1.10 bits per heavy atom. The van der Waals surface area contributed by atoms with E-state index in [-0.39, 0.29) is 17.4 Å². The number of amides is 1. The number of sulfonamides is 1. The lowest BCUT2D eigenvalue weighted by Gasteiger charge is -2.26. The molecule has 0 spiro atoms. The van der Waals surface area contributed by atoms with Gasteiger partial charge in [-0.3, -0.25) is 4.79 Å². The highest BCUT2D eigenvalue weighted by Crippen LogP contribution is 2.24. The topological polar surface area (TPSA) is 97.8 Å². The van der Waals surface area contributed by atoms with Crippen molar-refractivity contribution in [1.29, 1.82) is 0 Å². The van der Waals surface area contributed by atoms with Gasteiger partial charge in [0, 0.05) is 29.9 Å². The Morgan fingerprint density at radius 3 is 2.58 bits per heavy atom. The van der Waals surface area contributed by atoms with Crippen LogP contribution in [0.1, 0.15) is 5.69 Å². The number of carbonyl (C=O) groups is 1. The molecule has 1 N–H and O–H groups in total. The van der Waals surface area contributed by atoms with E-state index in [1.165, 1.54) is 16.4 Å². The van der Waals surface area contributed by atoms with Gasteiger partial charge in [-0.1, -0.05) is 18.2 Å². The minimum absolute atomic E-state index is 0.181. The lowest BCUT2D eigenvalue weighted by atomic mass is 10.2. The van der Waals surface area contributed by atoms with Crippen LogP contribution in [0.15, 0.2) is 59.5 Å². The van der Waals surface area contributed by atoms with E-state index in [1.54, 1.807) is 18.2 Å². The molecule has 4 rings (SSSR count). The van der Waals surface area contributed by atoms with Gasteiger partial charge in [-0.2, -0.15) is 4.31 Å². The summed E-state index contributed by atoms with van der Waals surface area (Å²) in [6, 6.07) is 15.5. The normalized spacial score (nSPS) is 15.0. The minimum Gasteiger partial charge on any atom is -0.481 e. The number of morpholine rings is 1. The summed E-state index contributed by atoms with van der Waals surface area (Å²) < 4.78 is 37.6. The molecule has 0 radical (unpaired) electrons. The second-order valence-electron chi connectivity index (χ2n) is 7.16. The van der Waals surface area contributed by atoms with Crippen LogP contribution in [-0.4, -0.2) is 56.5 Å². The summed E-state index contributed by atoms with van der Waals surface area (Å²) in [5.41, 5.74) is 2.05. The molecule has 1 aliphatic rings. The molecule has 1 aliphatic heterocycles. The first-order chi connectivity index (χ1) is 14.9.